The van der Waals surface area contributed by atoms with E-state index in [1.165, 1.54) is 12.8 Å². The first-order chi connectivity index (χ1) is 7.67. The Hall–Kier alpha value is -1.51. The van der Waals surface area contributed by atoms with Gasteiger partial charge in [-0.1, -0.05) is 38.5 Å². The fourth-order valence-electron chi connectivity index (χ4n) is 1.66. The Labute approximate surface area is 95.6 Å². The highest BCUT2D eigenvalue weighted by Crippen LogP contribution is 2.05. The molecular formula is C13H20N2O. The minimum Gasteiger partial charge on any atom is -0.306 e. The number of aromatic nitrogens is 2. The van der Waals surface area contributed by atoms with Crippen molar-refractivity contribution in [2.45, 2.75) is 33.6 Å². The third kappa shape index (κ3) is 3.57. The van der Waals surface area contributed by atoms with Gasteiger partial charge >= 0.3 is 5.69 Å². The van der Waals surface area contributed by atoms with E-state index in [1.807, 2.05) is 25.2 Å². The second-order valence-electron chi connectivity index (χ2n) is 4.01. The molecule has 0 radical (unpaired) electrons. The molecule has 1 rings (SSSR count). The lowest BCUT2D eigenvalue weighted by molar-refractivity contribution is 0.634. The summed E-state index contributed by atoms with van der Waals surface area (Å²) in [6.07, 6.45) is 10.4. The lowest BCUT2D eigenvalue weighted by Gasteiger charge is -2.00. The minimum absolute atomic E-state index is 0.158. The Morgan fingerprint density at radius 3 is 2.62 bits per heavy atom. The van der Waals surface area contributed by atoms with Gasteiger partial charge in [0.25, 0.3) is 0 Å². The van der Waals surface area contributed by atoms with E-state index in [2.05, 4.69) is 29.9 Å². The van der Waals surface area contributed by atoms with Crippen molar-refractivity contribution in [2.75, 3.05) is 0 Å². The molecule has 16 heavy (non-hydrogen) atoms. The molecule has 1 aromatic rings. The van der Waals surface area contributed by atoms with Crippen LogP contribution in [0.5, 0.6) is 0 Å². The molecular weight excluding hydrogens is 200 g/mol. The molecule has 1 aromatic heterocycles. The zero-order valence-electron chi connectivity index (χ0n) is 10.2. The van der Waals surface area contributed by atoms with E-state index in [0.29, 0.717) is 5.92 Å². The summed E-state index contributed by atoms with van der Waals surface area (Å²) in [4.78, 5) is 16.6. The molecule has 0 aliphatic rings. The van der Waals surface area contributed by atoms with Crippen LogP contribution in [-0.4, -0.2) is 9.97 Å². The highest BCUT2D eigenvalue weighted by molar-refractivity contribution is 5.35. The molecule has 0 spiro atoms. The van der Waals surface area contributed by atoms with E-state index in [-0.39, 0.29) is 5.69 Å². The Morgan fingerprint density at radius 1 is 1.31 bits per heavy atom. The molecule has 0 aliphatic carbocycles. The normalized spacial score (nSPS) is 16.2. The Balaban J connectivity index is 2.89. The Morgan fingerprint density at radius 2 is 2.00 bits per heavy atom. The van der Waals surface area contributed by atoms with Gasteiger partial charge in [0.2, 0.25) is 0 Å². The van der Waals surface area contributed by atoms with Crippen LogP contribution in [0.1, 0.15) is 33.6 Å². The molecule has 3 heteroatoms. The molecule has 1 unspecified atom stereocenters. The number of hydrogen-bond donors (Lipinski definition) is 2. The molecule has 88 valence electrons. The Bertz CT molecular complexity index is 505. The van der Waals surface area contributed by atoms with Crippen LogP contribution in [0, 0.1) is 5.92 Å². The van der Waals surface area contributed by atoms with E-state index < -0.39 is 0 Å². The molecule has 0 aromatic carbocycles. The minimum atomic E-state index is -0.158. The molecule has 1 atom stereocenters. The van der Waals surface area contributed by atoms with Crippen LogP contribution in [0.2, 0.25) is 0 Å². The standard InChI is InChI=1S/C13H20N2O/c1-4-7-10(3)8-6-9-12-11(5-2)14-13(16)15-12/h5-6,8-10H,4,7H2,1-3H3,(H2,14,15,16)/b8-6+,11-5+,12-9+. The second-order valence-corrected chi connectivity index (χ2v) is 4.01. The van der Waals surface area contributed by atoms with E-state index in [0.717, 1.165) is 10.7 Å². The summed E-state index contributed by atoms with van der Waals surface area (Å²) in [5.74, 6) is 0.584. The van der Waals surface area contributed by atoms with Gasteiger partial charge in [0, 0.05) is 0 Å². The number of nitrogens with one attached hydrogen (secondary N) is 2. The van der Waals surface area contributed by atoms with E-state index in [4.69, 9.17) is 0 Å². The number of imidazole rings is 1. The molecule has 0 bridgehead atoms. The monoisotopic (exact) mass is 220 g/mol. The van der Waals surface area contributed by atoms with Crippen molar-refractivity contribution in [3.05, 3.63) is 33.3 Å². The Kier molecular flexibility index (Phi) is 4.83. The highest BCUT2D eigenvalue weighted by Gasteiger charge is 1.92. The first-order valence-corrected chi connectivity index (χ1v) is 5.80. The zero-order chi connectivity index (χ0) is 12.0. The quantitative estimate of drug-likeness (QED) is 0.789. The number of aromatic amines is 2. The van der Waals surface area contributed by atoms with Gasteiger partial charge in [0.15, 0.2) is 0 Å². The van der Waals surface area contributed by atoms with Crippen LogP contribution >= 0.6 is 0 Å². The molecule has 0 fully saturated rings. The summed E-state index contributed by atoms with van der Waals surface area (Å²) in [5.41, 5.74) is -0.158. The fraction of sp³-hybridized carbons (Fsp3) is 0.462. The van der Waals surface area contributed by atoms with E-state index in [9.17, 15) is 4.79 Å². The SMILES string of the molecule is C/C=c1/[nH]c(=O)[nH]/c1=C/C=C/C(C)CCC. The van der Waals surface area contributed by atoms with Gasteiger partial charge < -0.3 is 9.97 Å². The first-order valence-electron chi connectivity index (χ1n) is 5.80. The van der Waals surface area contributed by atoms with Gasteiger partial charge in [-0.25, -0.2) is 4.79 Å². The van der Waals surface area contributed by atoms with Gasteiger partial charge in [-0.3, -0.25) is 0 Å². The summed E-state index contributed by atoms with van der Waals surface area (Å²) < 4.78 is 0. The average molecular weight is 220 g/mol. The molecule has 1 heterocycles. The number of hydrogen-bond acceptors (Lipinski definition) is 1. The van der Waals surface area contributed by atoms with Crippen molar-refractivity contribution >= 4 is 12.2 Å². The smallest absolute Gasteiger partial charge is 0.306 e. The maximum atomic E-state index is 11.1. The van der Waals surface area contributed by atoms with Crippen LogP contribution < -0.4 is 16.4 Å². The van der Waals surface area contributed by atoms with E-state index in [1.54, 1.807) is 0 Å². The topological polar surface area (TPSA) is 48.6 Å². The molecule has 0 saturated heterocycles. The van der Waals surface area contributed by atoms with Crippen molar-refractivity contribution in [1.29, 1.82) is 0 Å². The predicted molar refractivity (Wildman–Crippen MR) is 68.5 cm³/mol. The van der Waals surface area contributed by atoms with Crippen molar-refractivity contribution in [3.8, 4) is 0 Å². The van der Waals surface area contributed by atoms with Crippen LogP contribution in [-0.2, 0) is 0 Å². The third-order valence-corrected chi connectivity index (χ3v) is 2.52. The summed E-state index contributed by atoms with van der Waals surface area (Å²) >= 11 is 0. The van der Waals surface area contributed by atoms with E-state index >= 15 is 0 Å². The summed E-state index contributed by atoms with van der Waals surface area (Å²) in [7, 11) is 0. The van der Waals surface area contributed by atoms with Crippen LogP contribution in [0.25, 0.3) is 12.2 Å². The largest absolute Gasteiger partial charge is 0.323 e. The van der Waals surface area contributed by atoms with Gasteiger partial charge in [-0.15, -0.1) is 0 Å². The number of H-pyrrole nitrogens is 2. The maximum absolute atomic E-state index is 11.1. The van der Waals surface area contributed by atoms with Crippen LogP contribution in [0.4, 0.5) is 0 Å². The highest BCUT2D eigenvalue weighted by atomic mass is 16.1. The molecule has 0 amide bonds. The summed E-state index contributed by atoms with van der Waals surface area (Å²) in [5, 5.41) is 1.69. The van der Waals surface area contributed by atoms with Crippen molar-refractivity contribution < 1.29 is 0 Å². The average Bonchev–Trinajstić information content (AvgIpc) is 2.59. The van der Waals surface area contributed by atoms with Crippen molar-refractivity contribution in [1.82, 2.24) is 9.97 Å². The number of allylic oxidation sites excluding steroid dienone is 2. The lowest BCUT2D eigenvalue weighted by atomic mass is 10.1. The second kappa shape index (κ2) is 6.16. The van der Waals surface area contributed by atoms with Gasteiger partial charge in [-0.05, 0) is 25.3 Å². The lowest BCUT2D eigenvalue weighted by Crippen LogP contribution is -2.23. The zero-order valence-corrected chi connectivity index (χ0v) is 10.2. The molecule has 2 N–H and O–H groups in total. The van der Waals surface area contributed by atoms with Crippen LogP contribution in [0.3, 0.4) is 0 Å². The van der Waals surface area contributed by atoms with Gasteiger partial charge in [-0.2, -0.15) is 0 Å². The number of rotatable bonds is 4. The maximum Gasteiger partial charge on any atom is 0.323 e. The molecule has 3 nitrogen and oxygen atoms in total. The predicted octanol–water partition coefficient (Wildman–Crippen LogP) is 1.28. The first kappa shape index (κ1) is 12.6. The van der Waals surface area contributed by atoms with Crippen molar-refractivity contribution in [2.24, 2.45) is 5.92 Å². The fourth-order valence-corrected chi connectivity index (χ4v) is 1.66. The summed E-state index contributed by atoms with van der Waals surface area (Å²) in [6.45, 7) is 6.28. The molecule has 0 aliphatic heterocycles. The van der Waals surface area contributed by atoms with Gasteiger partial charge in [0.05, 0.1) is 10.7 Å². The van der Waals surface area contributed by atoms with Crippen molar-refractivity contribution in [3.63, 3.8) is 0 Å². The third-order valence-electron chi connectivity index (χ3n) is 2.52. The van der Waals surface area contributed by atoms with Crippen LogP contribution in [0.15, 0.2) is 16.9 Å². The van der Waals surface area contributed by atoms with Gasteiger partial charge in [0.1, 0.15) is 0 Å². The molecule has 0 saturated carbocycles. The summed E-state index contributed by atoms with van der Waals surface area (Å²) in [6, 6.07) is 0.